The van der Waals surface area contributed by atoms with Gasteiger partial charge in [-0.05, 0) is 55.6 Å². The first-order chi connectivity index (χ1) is 19.7. The van der Waals surface area contributed by atoms with Crippen LogP contribution in [0.4, 0.5) is 33.5 Å². The highest BCUT2D eigenvalue weighted by molar-refractivity contribution is 6.42. The third-order valence-electron chi connectivity index (χ3n) is 6.65. The Morgan fingerprint density at radius 1 is 1.00 bits per heavy atom. The number of anilines is 5. The van der Waals surface area contributed by atoms with Gasteiger partial charge in [-0.25, -0.2) is 14.8 Å². The van der Waals surface area contributed by atoms with Gasteiger partial charge in [0, 0.05) is 19.2 Å². The number of rotatable bonds is 9. The molecule has 0 aliphatic carbocycles. The Hall–Kier alpha value is -4.06. The molecule has 1 fully saturated rings. The minimum Gasteiger partial charge on any atom is -0.495 e. The smallest absolute Gasteiger partial charge is 0.327 e. The zero-order chi connectivity index (χ0) is 29.5. The molecule has 1 aliphatic rings. The van der Waals surface area contributed by atoms with Gasteiger partial charge in [-0.15, -0.1) is 0 Å². The average molecular weight is 601 g/mol. The molecule has 4 rings (SSSR count). The molecule has 0 saturated carbocycles. The second-order valence-electron chi connectivity index (χ2n) is 9.18. The lowest BCUT2D eigenvalue weighted by atomic mass is 9.90. The number of nitrogens with zero attached hydrogens (tertiary/aromatic N) is 3. The lowest BCUT2D eigenvalue weighted by molar-refractivity contribution is -0.111. The van der Waals surface area contributed by atoms with Crippen molar-refractivity contribution in [3.05, 3.63) is 64.9 Å². The predicted molar refractivity (Wildman–Crippen MR) is 162 cm³/mol. The van der Waals surface area contributed by atoms with Crippen molar-refractivity contribution in [2.24, 2.45) is 0 Å². The fraction of sp³-hybridized carbons (Fsp3) is 0.286. The summed E-state index contributed by atoms with van der Waals surface area (Å²) in [4.78, 5) is 35.0. The van der Waals surface area contributed by atoms with Crippen molar-refractivity contribution in [2.75, 3.05) is 55.2 Å². The lowest BCUT2D eigenvalue weighted by Gasteiger charge is -2.24. The average Bonchev–Trinajstić information content (AvgIpc) is 2.98. The number of methoxy groups -OCH3 is 2. The third kappa shape index (κ3) is 6.99. The van der Waals surface area contributed by atoms with E-state index in [1.54, 1.807) is 6.07 Å². The number of piperidine rings is 1. The summed E-state index contributed by atoms with van der Waals surface area (Å²) in [5, 5.41) is 12.4. The number of amides is 3. The zero-order valence-electron chi connectivity index (χ0n) is 22.9. The van der Waals surface area contributed by atoms with E-state index < -0.39 is 6.03 Å². The first kappa shape index (κ1) is 29.9. The van der Waals surface area contributed by atoms with Crippen LogP contribution < -0.4 is 35.6 Å². The van der Waals surface area contributed by atoms with Gasteiger partial charge in [0.15, 0.2) is 0 Å². The van der Waals surface area contributed by atoms with E-state index in [-0.39, 0.29) is 27.5 Å². The fourth-order valence-corrected chi connectivity index (χ4v) is 5.22. The number of urea groups is 1. The predicted octanol–water partition coefficient (Wildman–Crippen LogP) is 5.80. The third-order valence-corrected chi connectivity index (χ3v) is 7.38. The normalized spacial score (nSPS) is 13.2. The molecule has 4 N–H and O–H groups in total. The zero-order valence-corrected chi connectivity index (χ0v) is 24.4. The molecule has 11 nitrogen and oxygen atoms in total. The molecule has 1 aromatic heterocycles. The molecule has 1 saturated heterocycles. The van der Waals surface area contributed by atoms with Crippen molar-refractivity contribution in [1.29, 1.82) is 0 Å². The van der Waals surface area contributed by atoms with Crippen molar-refractivity contribution < 1.29 is 19.1 Å². The number of hydrogen-bond acceptors (Lipinski definition) is 8. The van der Waals surface area contributed by atoms with Gasteiger partial charge in [0.2, 0.25) is 5.91 Å². The quantitative estimate of drug-likeness (QED) is 0.227. The van der Waals surface area contributed by atoms with E-state index >= 15 is 0 Å². The summed E-state index contributed by atoms with van der Waals surface area (Å²) >= 11 is 12.9. The van der Waals surface area contributed by atoms with Crippen LogP contribution in [0, 0.1) is 0 Å². The summed E-state index contributed by atoms with van der Waals surface area (Å²) in [5.41, 5.74) is 2.55. The van der Waals surface area contributed by atoms with Crippen LogP contribution in [0.25, 0.3) is 0 Å². The number of carbonyl (C=O) groups excluding carboxylic acids is 2. The topological polar surface area (TPSA) is 130 Å². The van der Waals surface area contributed by atoms with Crippen LogP contribution in [0.2, 0.25) is 10.0 Å². The van der Waals surface area contributed by atoms with E-state index in [1.165, 1.54) is 44.6 Å². The van der Waals surface area contributed by atoms with Crippen LogP contribution in [-0.2, 0) is 4.79 Å². The SMILES string of the molecule is C=CC(=O)Nc1cc(C2CCNCC2)ccc1Nc1cc(NC(=O)N(C)c2c(Cl)c(OC)cc(OC)c2Cl)ncn1. The summed E-state index contributed by atoms with van der Waals surface area (Å²) in [6, 6.07) is 8.42. The molecule has 13 heteroatoms. The minimum atomic E-state index is -0.570. The molecule has 1 aliphatic heterocycles. The van der Waals surface area contributed by atoms with Crippen LogP contribution in [0.1, 0.15) is 24.3 Å². The highest BCUT2D eigenvalue weighted by atomic mass is 35.5. The van der Waals surface area contributed by atoms with Crippen LogP contribution in [-0.4, -0.2) is 56.3 Å². The van der Waals surface area contributed by atoms with E-state index in [0.717, 1.165) is 31.5 Å². The number of aromatic nitrogens is 2. The maximum atomic E-state index is 13.2. The second-order valence-corrected chi connectivity index (χ2v) is 9.94. The molecule has 2 heterocycles. The molecule has 0 atom stereocenters. The van der Waals surface area contributed by atoms with Gasteiger partial charge >= 0.3 is 6.03 Å². The van der Waals surface area contributed by atoms with E-state index in [1.807, 2.05) is 18.2 Å². The fourth-order valence-electron chi connectivity index (χ4n) is 4.46. The van der Waals surface area contributed by atoms with Gasteiger partial charge in [-0.1, -0.05) is 35.8 Å². The van der Waals surface area contributed by atoms with E-state index in [2.05, 4.69) is 37.8 Å². The molecular weight excluding hydrogens is 569 g/mol. The molecule has 0 unspecified atom stereocenters. The Balaban J connectivity index is 1.55. The Kier molecular flexibility index (Phi) is 9.87. The highest BCUT2D eigenvalue weighted by Crippen LogP contribution is 2.45. The number of ether oxygens (including phenoxy) is 2. The second kappa shape index (κ2) is 13.5. The monoisotopic (exact) mass is 599 g/mol. The van der Waals surface area contributed by atoms with Crippen LogP contribution in [0.15, 0.2) is 49.3 Å². The molecule has 0 bridgehead atoms. The number of nitrogens with one attached hydrogen (secondary N) is 4. The molecule has 216 valence electrons. The summed E-state index contributed by atoms with van der Waals surface area (Å²) in [5.74, 6) is 1.25. The van der Waals surface area contributed by atoms with E-state index in [4.69, 9.17) is 32.7 Å². The maximum absolute atomic E-state index is 13.2. The highest BCUT2D eigenvalue weighted by Gasteiger charge is 2.24. The van der Waals surface area contributed by atoms with Gasteiger partial charge < -0.3 is 25.4 Å². The van der Waals surface area contributed by atoms with Crippen LogP contribution in [0.5, 0.6) is 11.5 Å². The first-order valence-corrected chi connectivity index (χ1v) is 13.5. The van der Waals surface area contributed by atoms with Gasteiger partial charge in [0.05, 0.1) is 31.3 Å². The molecule has 0 radical (unpaired) electrons. The van der Waals surface area contributed by atoms with Crippen molar-refractivity contribution in [2.45, 2.75) is 18.8 Å². The Labute approximate surface area is 248 Å². The minimum absolute atomic E-state index is 0.142. The largest absolute Gasteiger partial charge is 0.495 e. The van der Waals surface area contributed by atoms with Gasteiger partial charge in [0.1, 0.15) is 39.5 Å². The number of benzene rings is 2. The van der Waals surface area contributed by atoms with Crippen molar-refractivity contribution in [3.8, 4) is 11.5 Å². The summed E-state index contributed by atoms with van der Waals surface area (Å²) < 4.78 is 10.6. The first-order valence-electron chi connectivity index (χ1n) is 12.8. The Bertz CT molecular complexity index is 1420. The van der Waals surface area contributed by atoms with Gasteiger partial charge in [0.25, 0.3) is 0 Å². The van der Waals surface area contributed by atoms with Gasteiger partial charge in [-0.3, -0.25) is 15.0 Å². The van der Waals surface area contributed by atoms with Crippen LogP contribution >= 0.6 is 23.2 Å². The Morgan fingerprint density at radius 3 is 2.29 bits per heavy atom. The lowest BCUT2D eigenvalue weighted by Crippen LogP contribution is -2.32. The van der Waals surface area contributed by atoms with Crippen LogP contribution in [0.3, 0.4) is 0 Å². The van der Waals surface area contributed by atoms with E-state index in [0.29, 0.717) is 34.6 Å². The van der Waals surface area contributed by atoms with Crippen molar-refractivity contribution >= 4 is 63.8 Å². The van der Waals surface area contributed by atoms with Crippen molar-refractivity contribution in [3.63, 3.8) is 0 Å². The summed E-state index contributed by atoms with van der Waals surface area (Å²) in [6.07, 6.45) is 4.55. The van der Waals surface area contributed by atoms with Crippen molar-refractivity contribution in [1.82, 2.24) is 15.3 Å². The molecule has 2 aromatic carbocycles. The number of halogens is 2. The maximum Gasteiger partial charge on any atom is 0.327 e. The summed E-state index contributed by atoms with van der Waals surface area (Å²) in [6.45, 7) is 5.46. The van der Waals surface area contributed by atoms with E-state index in [9.17, 15) is 9.59 Å². The molecule has 41 heavy (non-hydrogen) atoms. The molecule has 3 aromatic rings. The number of carbonyl (C=O) groups is 2. The summed E-state index contributed by atoms with van der Waals surface area (Å²) in [7, 11) is 4.40. The van der Waals surface area contributed by atoms with Gasteiger partial charge in [-0.2, -0.15) is 0 Å². The molecule has 0 spiro atoms. The number of hydrogen-bond donors (Lipinski definition) is 4. The molecule has 3 amide bonds. The molecular formula is C28H31Cl2N7O4. The standard InChI is InChI=1S/C28H31Cl2N7O4/c1-5-24(38)35-19-12-17(16-8-10-31-11-9-16)6-7-18(19)34-22-14-23(33-15-32-22)36-28(39)37(2)27-25(29)20(40-3)13-21(41-4)26(27)30/h5-7,12-16,31H,1,8-11H2,2-4H3,(H,35,38)(H2,32,33,34,36,39). The Morgan fingerprint density at radius 2 is 1.66 bits per heavy atom.